The van der Waals surface area contributed by atoms with Crippen molar-refractivity contribution in [1.82, 2.24) is 4.90 Å². The van der Waals surface area contributed by atoms with Crippen LogP contribution in [0.3, 0.4) is 0 Å². The molecule has 0 spiro atoms. The predicted molar refractivity (Wildman–Crippen MR) is 96.6 cm³/mol. The van der Waals surface area contributed by atoms with Gasteiger partial charge in [0.1, 0.15) is 0 Å². The van der Waals surface area contributed by atoms with Crippen molar-refractivity contribution < 1.29 is 13.2 Å². The van der Waals surface area contributed by atoms with Crippen molar-refractivity contribution in [2.75, 3.05) is 42.6 Å². The van der Waals surface area contributed by atoms with Crippen molar-refractivity contribution in [3.8, 4) is 0 Å². The minimum absolute atomic E-state index is 0.0180. The zero-order valence-electron chi connectivity index (χ0n) is 13.2. The molecule has 0 unspecified atom stereocenters. The second-order valence-electron chi connectivity index (χ2n) is 6.44. The standard InChI is InChI=1S/C16H20Cl2N2O3S/c17-14-2-1-13(10-15(14)18)19-4-6-20(7-5-19)16(21)9-12-3-8-24(22,23)11-12/h1-2,10,12H,3-9,11H2/t12-/m1/s1. The summed E-state index contributed by atoms with van der Waals surface area (Å²) >= 11 is 12.0. The number of amides is 1. The Labute approximate surface area is 152 Å². The smallest absolute Gasteiger partial charge is 0.223 e. The van der Waals surface area contributed by atoms with Gasteiger partial charge in [0.25, 0.3) is 0 Å². The number of piperazine rings is 1. The fourth-order valence-corrected chi connectivity index (χ4v) is 5.46. The first-order valence-electron chi connectivity index (χ1n) is 8.02. The molecule has 8 heteroatoms. The first kappa shape index (κ1) is 17.8. The molecule has 0 radical (unpaired) electrons. The van der Waals surface area contributed by atoms with E-state index < -0.39 is 9.84 Å². The lowest BCUT2D eigenvalue weighted by Crippen LogP contribution is -2.49. The molecular formula is C16H20Cl2N2O3S. The van der Waals surface area contributed by atoms with Gasteiger partial charge in [-0.2, -0.15) is 0 Å². The minimum Gasteiger partial charge on any atom is -0.368 e. The van der Waals surface area contributed by atoms with Crippen LogP contribution in [-0.2, 0) is 14.6 Å². The number of carbonyl (C=O) groups excluding carboxylic acids is 1. The third-order valence-electron chi connectivity index (χ3n) is 4.69. The van der Waals surface area contributed by atoms with Crippen LogP contribution in [0, 0.1) is 5.92 Å². The topological polar surface area (TPSA) is 57.7 Å². The highest BCUT2D eigenvalue weighted by molar-refractivity contribution is 7.91. The fourth-order valence-electron chi connectivity index (χ4n) is 3.30. The van der Waals surface area contributed by atoms with Gasteiger partial charge in [-0.25, -0.2) is 8.42 Å². The van der Waals surface area contributed by atoms with E-state index in [0.29, 0.717) is 36.0 Å². The van der Waals surface area contributed by atoms with Crippen LogP contribution in [0.4, 0.5) is 5.69 Å². The Hall–Kier alpha value is -0.980. The van der Waals surface area contributed by atoms with Crippen molar-refractivity contribution in [2.45, 2.75) is 12.8 Å². The maximum absolute atomic E-state index is 12.4. The molecule has 0 N–H and O–H groups in total. The Morgan fingerprint density at radius 2 is 1.83 bits per heavy atom. The summed E-state index contributed by atoms with van der Waals surface area (Å²) in [6, 6.07) is 5.54. The molecule has 0 aromatic heterocycles. The van der Waals surface area contributed by atoms with Crippen LogP contribution in [0.1, 0.15) is 12.8 Å². The summed E-state index contributed by atoms with van der Waals surface area (Å²) in [4.78, 5) is 16.4. The predicted octanol–water partition coefficient (Wildman–Crippen LogP) is 2.47. The SMILES string of the molecule is O=C(C[C@H]1CCS(=O)(=O)C1)N1CCN(c2ccc(Cl)c(Cl)c2)CC1. The van der Waals surface area contributed by atoms with Crippen LogP contribution in [0.5, 0.6) is 0 Å². The summed E-state index contributed by atoms with van der Waals surface area (Å²) in [7, 11) is -2.93. The van der Waals surface area contributed by atoms with Crippen molar-refractivity contribution in [2.24, 2.45) is 5.92 Å². The van der Waals surface area contributed by atoms with Crippen LogP contribution < -0.4 is 4.90 Å². The van der Waals surface area contributed by atoms with Gasteiger partial charge in [-0.3, -0.25) is 4.79 Å². The molecule has 0 aliphatic carbocycles. The van der Waals surface area contributed by atoms with Crippen molar-refractivity contribution >= 4 is 44.6 Å². The minimum atomic E-state index is -2.93. The maximum Gasteiger partial charge on any atom is 0.223 e. The second kappa shape index (κ2) is 7.10. The molecule has 1 amide bonds. The number of rotatable bonds is 3. The molecule has 0 saturated carbocycles. The van der Waals surface area contributed by atoms with Crippen LogP contribution in [-0.4, -0.2) is 56.9 Å². The first-order chi connectivity index (χ1) is 11.3. The summed E-state index contributed by atoms with van der Waals surface area (Å²) < 4.78 is 23.0. The van der Waals surface area contributed by atoms with Crippen molar-refractivity contribution in [3.05, 3.63) is 28.2 Å². The average Bonchev–Trinajstić information content (AvgIpc) is 2.89. The molecule has 2 fully saturated rings. The molecule has 2 saturated heterocycles. The number of hydrogen-bond donors (Lipinski definition) is 0. The van der Waals surface area contributed by atoms with Gasteiger partial charge in [0.05, 0.1) is 21.6 Å². The Bertz CT molecular complexity index is 731. The lowest BCUT2D eigenvalue weighted by atomic mass is 10.0. The lowest BCUT2D eigenvalue weighted by molar-refractivity contribution is -0.132. The Morgan fingerprint density at radius 3 is 2.42 bits per heavy atom. The summed E-state index contributed by atoms with van der Waals surface area (Å²) in [5.41, 5.74) is 0.999. The molecule has 3 rings (SSSR count). The molecule has 5 nitrogen and oxygen atoms in total. The van der Waals surface area contributed by atoms with E-state index in [9.17, 15) is 13.2 Å². The van der Waals surface area contributed by atoms with E-state index in [4.69, 9.17) is 23.2 Å². The normalized spacial score (nSPS) is 23.5. The highest BCUT2D eigenvalue weighted by Gasteiger charge is 2.31. The zero-order valence-corrected chi connectivity index (χ0v) is 15.6. The largest absolute Gasteiger partial charge is 0.368 e. The van der Waals surface area contributed by atoms with Gasteiger partial charge in [-0.1, -0.05) is 23.2 Å². The molecule has 2 aliphatic rings. The second-order valence-corrected chi connectivity index (χ2v) is 9.48. The van der Waals surface area contributed by atoms with E-state index in [2.05, 4.69) is 4.90 Å². The van der Waals surface area contributed by atoms with E-state index in [1.807, 2.05) is 17.0 Å². The molecule has 0 bridgehead atoms. The maximum atomic E-state index is 12.4. The van der Waals surface area contributed by atoms with Gasteiger partial charge in [-0.05, 0) is 30.5 Å². The van der Waals surface area contributed by atoms with Crippen molar-refractivity contribution in [1.29, 1.82) is 0 Å². The molecule has 2 aliphatic heterocycles. The number of carbonyl (C=O) groups is 1. The lowest BCUT2D eigenvalue weighted by Gasteiger charge is -2.36. The van der Waals surface area contributed by atoms with E-state index in [1.165, 1.54) is 0 Å². The van der Waals surface area contributed by atoms with Gasteiger partial charge in [0, 0.05) is 38.3 Å². The molecule has 1 atom stereocenters. The Kier molecular flexibility index (Phi) is 5.27. The van der Waals surface area contributed by atoms with Gasteiger partial charge < -0.3 is 9.80 Å². The van der Waals surface area contributed by atoms with Gasteiger partial charge in [0.2, 0.25) is 5.91 Å². The zero-order chi connectivity index (χ0) is 17.3. The van der Waals surface area contributed by atoms with E-state index >= 15 is 0 Å². The highest BCUT2D eigenvalue weighted by Crippen LogP contribution is 2.28. The van der Waals surface area contributed by atoms with E-state index in [1.54, 1.807) is 6.07 Å². The summed E-state index contributed by atoms with van der Waals surface area (Å²) in [6.07, 6.45) is 0.948. The van der Waals surface area contributed by atoms with Crippen LogP contribution >= 0.6 is 23.2 Å². The van der Waals surface area contributed by atoms with Crippen molar-refractivity contribution in [3.63, 3.8) is 0 Å². The molecule has 24 heavy (non-hydrogen) atoms. The van der Waals surface area contributed by atoms with E-state index in [0.717, 1.165) is 18.8 Å². The molecule has 2 heterocycles. The van der Waals surface area contributed by atoms with Crippen LogP contribution in [0.2, 0.25) is 10.0 Å². The van der Waals surface area contributed by atoms with E-state index in [-0.39, 0.29) is 23.3 Å². The summed E-state index contributed by atoms with van der Waals surface area (Å²) in [5, 5.41) is 1.05. The average molecular weight is 391 g/mol. The summed E-state index contributed by atoms with van der Waals surface area (Å²) in [6.45, 7) is 2.73. The number of halogens is 2. The molecular weight excluding hydrogens is 371 g/mol. The Balaban J connectivity index is 1.53. The number of sulfone groups is 1. The molecule has 132 valence electrons. The first-order valence-corrected chi connectivity index (χ1v) is 10.6. The number of nitrogens with zero attached hydrogens (tertiary/aromatic N) is 2. The van der Waals surface area contributed by atoms with Crippen LogP contribution in [0.15, 0.2) is 18.2 Å². The third-order valence-corrected chi connectivity index (χ3v) is 7.27. The number of hydrogen-bond acceptors (Lipinski definition) is 4. The van der Waals surface area contributed by atoms with Crippen LogP contribution in [0.25, 0.3) is 0 Å². The number of benzene rings is 1. The van der Waals surface area contributed by atoms with Gasteiger partial charge >= 0.3 is 0 Å². The number of anilines is 1. The van der Waals surface area contributed by atoms with Gasteiger partial charge in [0.15, 0.2) is 9.84 Å². The Morgan fingerprint density at radius 1 is 1.12 bits per heavy atom. The fraction of sp³-hybridized carbons (Fsp3) is 0.562. The summed E-state index contributed by atoms with van der Waals surface area (Å²) in [5.74, 6) is 0.416. The quantitative estimate of drug-likeness (QED) is 0.795. The molecule has 1 aromatic carbocycles. The third kappa shape index (κ3) is 4.16. The monoisotopic (exact) mass is 390 g/mol. The highest BCUT2D eigenvalue weighted by atomic mass is 35.5. The molecule has 1 aromatic rings. The van der Waals surface area contributed by atoms with Gasteiger partial charge in [-0.15, -0.1) is 0 Å².